The molecule has 2 aliphatic heterocycles. The summed E-state index contributed by atoms with van der Waals surface area (Å²) in [7, 11) is 1.37. The van der Waals surface area contributed by atoms with Crippen molar-refractivity contribution in [2.45, 2.75) is 32.8 Å². The Morgan fingerprint density at radius 2 is 1.97 bits per heavy atom. The molecule has 0 radical (unpaired) electrons. The zero-order valence-corrected chi connectivity index (χ0v) is 20.5. The highest BCUT2D eigenvalue weighted by Gasteiger charge is 2.34. The van der Waals surface area contributed by atoms with Gasteiger partial charge < -0.3 is 28.6 Å². The topological polar surface area (TPSA) is 83.5 Å². The van der Waals surface area contributed by atoms with Crippen LogP contribution in [0, 0.1) is 25.7 Å². The maximum atomic E-state index is 13.0. The predicted molar refractivity (Wildman–Crippen MR) is 127 cm³/mol. The van der Waals surface area contributed by atoms with E-state index in [2.05, 4.69) is 6.58 Å². The van der Waals surface area contributed by atoms with E-state index in [0.717, 1.165) is 29.7 Å². The second kappa shape index (κ2) is 12.9. The first-order valence-electron chi connectivity index (χ1n) is 11.9. The number of carbonyl (C=O) groups excluding carboxylic acids is 2. The summed E-state index contributed by atoms with van der Waals surface area (Å²) in [5.41, 5.74) is 2.26. The minimum Gasteiger partial charge on any atom is -0.491 e. The number of hydrogen-bond acceptors (Lipinski definition) is 7. The van der Waals surface area contributed by atoms with Crippen LogP contribution >= 0.6 is 0 Å². The van der Waals surface area contributed by atoms with Gasteiger partial charge in [0.1, 0.15) is 12.4 Å². The highest BCUT2D eigenvalue weighted by molar-refractivity contribution is 5.90. The SMILES string of the molecule is C=CCOC[C@@H]1COC[C@H](C(=O)N2CCC(OCCOc3c(C)cc(C(=O)OC)cc3C)C2)C1. The Labute approximate surface area is 202 Å². The van der Waals surface area contributed by atoms with Crippen LogP contribution in [0.5, 0.6) is 5.75 Å². The number of hydrogen-bond donors (Lipinski definition) is 0. The lowest BCUT2D eigenvalue weighted by molar-refractivity contribution is -0.141. The monoisotopic (exact) mass is 475 g/mol. The van der Waals surface area contributed by atoms with Crippen molar-refractivity contribution in [2.24, 2.45) is 11.8 Å². The average Bonchev–Trinajstić information content (AvgIpc) is 3.31. The van der Waals surface area contributed by atoms with Gasteiger partial charge in [0.15, 0.2) is 0 Å². The van der Waals surface area contributed by atoms with Crippen LogP contribution in [0.2, 0.25) is 0 Å². The van der Waals surface area contributed by atoms with Crippen molar-refractivity contribution < 1.29 is 33.3 Å². The van der Waals surface area contributed by atoms with E-state index in [9.17, 15) is 9.59 Å². The maximum absolute atomic E-state index is 13.0. The number of rotatable bonds is 11. The Morgan fingerprint density at radius 1 is 1.21 bits per heavy atom. The summed E-state index contributed by atoms with van der Waals surface area (Å²) in [5.74, 6) is 0.656. The molecular formula is C26H37NO7. The van der Waals surface area contributed by atoms with Crippen molar-refractivity contribution in [2.75, 3.05) is 59.8 Å². The molecule has 188 valence electrons. The lowest BCUT2D eigenvalue weighted by Gasteiger charge is -2.31. The number of amides is 1. The highest BCUT2D eigenvalue weighted by atomic mass is 16.5. The number of ether oxygens (including phenoxy) is 5. The number of esters is 1. The van der Waals surface area contributed by atoms with Crippen LogP contribution in [0.1, 0.15) is 34.3 Å². The van der Waals surface area contributed by atoms with Crippen molar-refractivity contribution in [1.29, 1.82) is 0 Å². The molecule has 0 aromatic heterocycles. The first kappa shape index (κ1) is 26.2. The zero-order valence-electron chi connectivity index (χ0n) is 20.5. The molecule has 0 aliphatic carbocycles. The van der Waals surface area contributed by atoms with E-state index >= 15 is 0 Å². The predicted octanol–water partition coefficient (Wildman–Crippen LogP) is 2.94. The van der Waals surface area contributed by atoms with E-state index in [-0.39, 0.29) is 29.8 Å². The van der Waals surface area contributed by atoms with Crippen molar-refractivity contribution in [3.63, 3.8) is 0 Å². The van der Waals surface area contributed by atoms with Crippen LogP contribution in [0.25, 0.3) is 0 Å². The van der Waals surface area contributed by atoms with Crippen molar-refractivity contribution >= 4 is 11.9 Å². The van der Waals surface area contributed by atoms with Crippen molar-refractivity contribution in [1.82, 2.24) is 4.90 Å². The summed E-state index contributed by atoms with van der Waals surface area (Å²) in [6.45, 7) is 11.8. The molecular weight excluding hydrogens is 438 g/mol. The van der Waals surface area contributed by atoms with Crippen LogP contribution in [0.3, 0.4) is 0 Å². The van der Waals surface area contributed by atoms with Crippen LogP contribution in [0.4, 0.5) is 0 Å². The van der Waals surface area contributed by atoms with Gasteiger partial charge in [-0.3, -0.25) is 4.79 Å². The van der Waals surface area contributed by atoms with Gasteiger partial charge in [0.25, 0.3) is 0 Å². The van der Waals surface area contributed by atoms with Gasteiger partial charge in [-0.1, -0.05) is 6.08 Å². The number of likely N-dealkylation sites (tertiary alicyclic amines) is 1. The molecule has 3 rings (SSSR count). The normalized spacial score (nSPS) is 22.4. The van der Waals surface area contributed by atoms with Crippen molar-refractivity contribution in [3.8, 4) is 5.75 Å². The maximum Gasteiger partial charge on any atom is 0.337 e. The summed E-state index contributed by atoms with van der Waals surface area (Å²) in [6.07, 6.45) is 3.34. The molecule has 3 atom stereocenters. The lowest BCUT2D eigenvalue weighted by Crippen LogP contribution is -2.41. The first-order chi connectivity index (χ1) is 16.4. The largest absolute Gasteiger partial charge is 0.491 e. The molecule has 34 heavy (non-hydrogen) atoms. The standard InChI is InChI=1S/C26H37NO7/c1-5-8-31-15-20-13-22(17-32-16-20)25(28)27-7-6-23(14-27)33-9-10-34-24-18(2)11-21(12-19(24)3)26(29)30-4/h5,11-12,20,22-23H,1,6-10,13-17H2,2-4H3/t20-,22-,23?/m1/s1. The quantitative estimate of drug-likeness (QED) is 0.276. The van der Waals surface area contributed by atoms with E-state index in [1.54, 1.807) is 18.2 Å². The fraction of sp³-hybridized carbons (Fsp3) is 0.615. The number of nitrogens with zero attached hydrogens (tertiary/aromatic N) is 1. The molecule has 8 heteroatoms. The van der Waals surface area contributed by atoms with Crippen LogP contribution in [-0.2, 0) is 23.7 Å². The van der Waals surface area contributed by atoms with Crippen LogP contribution in [0.15, 0.2) is 24.8 Å². The fourth-order valence-corrected chi connectivity index (χ4v) is 4.62. The smallest absolute Gasteiger partial charge is 0.337 e. The minimum absolute atomic E-state index is 0.00711. The Morgan fingerprint density at radius 3 is 2.68 bits per heavy atom. The second-order valence-corrected chi connectivity index (χ2v) is 9.01. The van der Waals surface area contributed by atoms with Gasteiger partial charge in [-0.15, -0.1) is 6.58 Å². The third-order valence-electron chi connectivity index (χ3n) is 6.25. The molecule has 0 spiro atoms. The van der Waals surface area contributed by atoms with Gasteiger partial charge in [-0.2, -0.15) is 0 Å². The summed E-state index contributed by atoms with van der Waals surface area (Å²) >= 11 is 0. The molecule has 0 saturated carbocycles. The summed E-state index contributed by atoms with van der Waals surface area (Å²) < 4.78 is 27.9. The summed E-state index contributed by atoms with van der Waals surface area (Å²) in [4.78, 5) is 26.6. The fourth-order valence-electron chi connectivity index (χ4n) is 4.62. The molecule has 1 unspecified atom stereocenters. The Hall–Kier alpha value is -2.42. The Kier molecular flexibility index (Phi) is 9.92. The molecule has 2 saturated heterocycles. The third kappa shape index (κ3) is 7.04. The molecule has 1 aromatic carbocycles. The number of carbonyl (C=O) groups is 2. The number of aryl methyl sites for hydroxylation is 2. The Balaban J connectivity index is 1.40. The molecule has 2 fully saturated rings. The van der Waals surface area contributed by atoms with E-state index in [1.165, 1.54) is 7.11 Å². The molecule has 2 aliphatic rings. The molecule has 8 nitrogen and oxygen atoms in total. The lowest BCUT2D eigenvalue weighted by atomic mass is 9.92. The van der Waals surface area contributed by atoms with Crippen LogP contribution < -0.4 is 4.74 Å². The average molecular weight is 476 g/mol. The van der Waals surface area contributed by atoms with Gasteiger partial charge in [0, 0.05) is 19.0 Å². The summed E-state index contributed by atoms with van der Waals surface area (Å²) in [6, 6.07) is 3.53. The van der Waals surface area contributed by atoms with E-state index in [1.807, 2.05) is 18.7 Å². The van der Waals surface area contributed by atoms with Gasteiger partial charge in [-0.05, 0) is 49.9 Å². The molecule has 1 amide bonds. The van der Waals surface area contributed by atoms with E-state index < -0.39 is 0 Å². The van der Waals surface area contributed by atoms with Gasteiger partial charge in [-0.25, -0.2) is 4.79 Å². The second-order valence-electron chi connectivity index (χ2n) is 9.01. The van der Waals surface area contributed by atoms with Crippen LogP contribution in [-0.4, -0.2) is 82.7 Å². The van der Waals surface area contributed by atoms with Gasteiger partial charge >= 0.3 is 5.97 Å². The van der Waals surface area contributed by atoms with Gasteiger partial charge in [0.2, 0.25) is 5.91 Å². The molecule has 2 heterocycles. The number of benzene rings is 1. The molecule has 0 bridgehead atoms. The van der Waals surface area contributed by atoms with E-state index in [0.29, 0.717) is 58.3 Å². The van der Waals surface area contributed by atoms with Gasteiger partial charge in [0.05, 0.1) is 57.7 Å². The zero-order chi connectivity index (χ0) is 24.5. The minimum atomic E-state index is -0.363. The number of methoxy groups -OCH3 is 1. The van der Waals surface area contributed by atoms with E-state index in [4.69, 9.17) is 23.7 Å². The first-order valence-corrected chi connectivity index (χ1v) is 11.9. The third-order valence-corrected chi connectivity index (χ3v) is 6.25. The molecule has 0 N–H and O–H groups in total. The Bertz CT molecular complexity index is 833. The van der Waals surface area contributed by atoms with Crippen molar-refractivity contribution in [3.05, 3.63) is 41.5 Å². The molecule has 1 aromatic rings. The summed E-state index contributed by atoms with van der Waals surface area (Å²) in [5, 5.41) is 0. The highest BCUT2D eigenvalue weighted by Crippen LogP contribution is 2.26.